The van der Waals surface area contributed by atoms with E-state index in [4.69, 9.17) is 4.74 Å². The quantitative estimate of drug-likeness (QED) is 0.223. The predicted octanol–water partition coefficient (Wildman–Crippen LogP) is 6.04. The fourth-order valence-corrected chi connectivity index (χ4v) is 4.18. The number of anilines is 1. The Kier molecular flexibility index (Phi) is 7.50. The summed E-state index contributed by atoms with van der Waals surface area (Å²) < 4.78 is 6.91. The van der Waals surface area contributed by atoms with Gasteiger partial charge >= 0.3 is 6.03 Å². The lowest BCUT2D eigenvalue weighted by Gasteiger charge is -2.26. The first kappa shape index (κ1) is 25.1. The molecule has 4 rings (SSSR count). The van der Waals surface area contributed by atoms with Crippen LogP contribution in [0.3, 0.4) is 0 Å². The van der Waals surface area contributed by atoms with Crippen molar-refractivity contribution in [3.63, 3.8) is 0 Å². The molecule has 1 fully saturated rings. The van der Waals surface area contributed by atoms with Crippen LogP contribution >= 0.6 is 15.9 Å². The van der Waals surface area contributed by atoms with Gasteiger partial charge in [-0.15, -0.1) is 6.58 Å². The van der Waals surface area contributed by atoms with Crippen molar-refractivity contribution < 1.29 is 19.1 Å². The molecular formula is C29H25BrN2O4. The first-order valence-electron chi connectivity index (χ1n) is 11.4. The summed E-state index contributed by atoms with van der Waals surface area (Å²) in [5.41, 5.74) is 4.82. The minimum Gasteiger partial charge on any atom is -0.489 e. The van der Waals surface area contributed by atoms with Crippen molar-refractivity contribution in [1.29, 1.82) is 0 Å². The normalized spacial score (nSPS) is 14.7. The van der Waals surface area contributed by atoms with Gasteiger partial charge in [0.1, 0.15) is 17.9 Å². The molecule has 4 amide bonds. The van der Waals surface area contributed by atoms with Crippen molar-refractivity contribution in [2.75, 3.05) is 4.90 Å². The lowest BCUT2D eigenvalue weighted by molar-refractivity contribution is -0.122. The van der Waals surface area contributed by atoms with E-state index in [1.54, 1.807) is 30.3 Å². The van der Waals surface area contributed by atoms with Gasteiger partial charge in [-0.05, 0) is 78.9 Å². The van der Waals surface area contributed by atoms with Gasteiger partial charge in [0.2, 0.25) is 0 Å². The largest absolute Gasteiger partial charge is 0.489 e. The Morgan fingerprint density at radius 2 is 1.83 bits per heavy atom. The molecule has 3 aromatic carbocycles. The molecule has 0 unspecified atom stereocenters. The number of urea groups is 1. The molecule has 1 N–H and O–H groups in total. The summed E-state index contributed by atoms with van der Waals surface area (Å²) in [5, 5.41) is 2.26. The first-order chi connectivity index (χ1) is 17.3. The number of nitrogens with zero attached hydrogens (tertiary/aromatic N) is 1. The van der Waals surface area contributed by atoms with Crippen LogP contribution in [0, 0.1) is 13.8 Å². The number of imide groups is 2. The average molecular weight is 545 g/mol. The van der Waals surface area contributed by atoms with Crippen molar-refractivity contribution in [1.82, 2.24) is 5.32 Å². The Bertz CT molecular complexity index is 1410. The highest BCUT2D eigenvalue weighted by atomic mass is 79.9. The van der Waals surface area contributed by atoms with Crippen LogP contribution in [0.4, 0.5) is 10.5 Å². The zero-order valence-electron chi connectivity index (χ0n) is 20.0. The summed E-state index contributed by atoms with van der Waals surface area (Å²) in [5.74, 6) is -0.726. The third-order valence-corrected chi connectivity index (χ3v) is 6.63. The number of halogens is 1. The van der Waals surface area contributed by atoms with Crippen LogP contribution in [0.25, 0.3) is 6.08 Å². The molecule has 0 saturated carbocycles. The van der Waals surface area contributed by atoms with Gasteiger partial charge in [-0.1, -0.05) is 57.9 Å². The van der Waals surface area contributed by atoms with E-state index in [0.717, 1.165) is 31.6 Å². The van der Waals surface area contributed by atoms with Crippen molar-refractivity contribution in [2.24, 2.45) is 0 Å². The lowest BCUT2D eigenvalue weighted by atomic mass is 10.0. The molecule has 0 aromatic heterocycles. The van der Waals surface area contributed by atoms with Gasteiger partial charge in [0.25, 0.3) is 11.8 Å². The number of carbonyl (C=O) groups is 3. The highest BCUT2D eigenvalue weighted by Gasteiger charge is 2.37. The van der Waals surface area contributed by atoms with Crippen molar-refractivity contribution >= 4 is 45.5 Å². The molecular weight excluding hydrogens is 520 g/mol. The van der Waals surface area contributed by atoms with Crippen LogP contribution in [0.5, 0.6) is 5.75 Å². The highest BCUT2D eigenvalue weighted by Crippen LogP contribution is 2.28. The SMILES string of the molecule is C=CCc1cc(/C=C2\C(=O)NC(=O)N(c3ccc(Br)c(C)c3)C2=O)ccc1OCc1cccc(C)c1. The zero-order valence-corrected chi connectivity index (χ0v) is 21.6. The molecule has 0 aliphatic carbocycles. The lowest BCUT2D eigenvalue weighted by Crippen LogP contribution is -2.54. The van der Waals surface area contributed by atoms with E-state index in [-0.39, 0.29) is 5.57 Å². The molecule has 0 radical (unpaired) electrons. The van der Waals surface area contributed by atoms with E-state index in [1.165, 1.54) is 6.08 Å². The molecule has 3 aromatic rings. The predicted molar refractivity (Wildman–Crippen MR) is 144 cm³/mol. The molecule has 0 spiro atoms. The van der Waals surface area contributed by atoms with Crippen LogP contribution in [0.1, 0.15) is 27.8 Å². The van der Waals surface area contributed by atoms with Crippen molar-refractivity contribution in [3.8, 4) is 5.75 Å². The summed E-state index contributed by atoms with van der Waals surface area (Å²) in [6, 6.07) is 17.9. The summed E-state index contributed by atoms with van der Waals surface area (Å²) in [4.78, 5) is 39.3. The number of carbonyl (C=O) groups excluding carboxylic acids is 3. The second-order valence-corrected chi connectivity index (χ2v) is 9.38. The van der Waals surface area contributed by atoms with E-state index < -0.39 is 17.8 Å². The van der Waals surface area contributed by atoms with Gasteiger partial charge in [0, 0.05) is 4.47 Å². The average Bonchev–Trinajstić information content (AvgIpc) is 2.83. The van der Waals surface area contributed by atoms with E-state index >= 15 is 0 Å². The third-order valence-electron chi connectivity index (χ3n) is 5.74. The van der Waals surface area contributed by atoms with Gasteiger partial charge in [0.15, 0.2) is 0 Å². The maximum Gasteiger partial charge on any atom is 0.335 e. The molecule has 7 heteroatoms. The van der Waals surface area contributed by atoms with E-state index in [0.29, 0.717) is 30.0 Å². The molecule has 1 heterocycles. The second kappa shape index (κ2) is 10.7. The third kappa shape index (κ3) is 5.47. The van der Waals surface area contributed by atoms with E-state index in [9.17, 15) is 14.4 Å². The first-order valence-corrected chi connectivity index (χ1v) is 12.2. The summed E-state index contributed by atoms with van der Waals surface area (Å²) in [6.07, 6.45) is 3.79. The van der Waals surface area contributed by atoms with Crippen molar-refractivity contribution in [3.05, 3.63) is 111 Å². The Hall–Kier alpha value is -3.97. The second-order valence-electron chi connectivity index (χ2n) is 8.53. The fourth-order valence-electron chi connectivity index (χ4n) is 3.93. The number of rotatable bonds is 7. The highest BCUT2D eigenvalue weighted by molar-refractivity contribution is 9.10. The van der Waals surface area contributed by atoms with Crippen LogP contribution in [0.2, 0.25) is 0 Å². The number of nitrogens with one attached hydrogen (secondary N) is 1. The molecule has 1 saturated heterocycles. The summed E-state index contributed by atoms with van der Waals surface area (Å²) >= 11 is 3.42. The topological polar surface area (TPSA) is 75.7 Å². The summed E-state index contributed by atoms with van der Waals surface area (Å²) in [7, 11) is 0. The molecule has 182 valence electrons. The number of ether oxygens (including phenoxy) is 1. The van der Waals surface area contributed by atoms with Gasteiger partial charge < -0.3 is 4.74 Å². The molecule has 1 aliphatic rings. The van der Waals surface area contributed by atoms with Crippen molar-refractivity contribution in [2.45, 2.75) is 26.9 Å². The Labute approximate surface area is 218 Å². The number of benzene rings is 3. The maximum absolute atomic E-state index is 13.2. The van der Waals surface area contributed by atoms with E-state index in [2.05, 4.69) is 33.9 Å². The van der Waals surface area contributed by atoms with Crippen LogP contribution in [0.15, 0.2) is 83.4 Å². The number of amides is 4. The maximum atomic E-state index is 13.2. The number of hydrogen-bond acceptors (Lipinski definition) is 4. The molecule has 1 aliphatic heterocycles. The number of barbiturate groups is 1. The fraction of sp³-hybridized carbons (Fsp3) is 0.138. The Morgan fingerprint density at radius 1 is 1.03 bits per heavy atom. The minimum atomic E-state index is -0.781. The van der Waals surface area contributed by atoms with Gasteiger partial charge in [-0.3, -0.25) is 14.9 Å². The van der Waals surface area contributed by atoms with Crippen LogP contribution in [-0.4, -0.2) is 17.8 Å². The standard InChI is InChI=1S/C29H25BrN2O4/c1-4-6-22-15-20(9-12-26(22)36-17-21-8-5-7-18(2)13-21)16-24-27(33)31-29(35)32(28(24)34)23-10-11-25(30)19(3)14-23/h4-5,7-16H,1,6,17H2,2-3H3,(H,31,33,35)/b24-16+. The van der Waals surface area contributed by atoms with Gasteiger partial charge in [-0.25, -0.2) is 9.69 Å². The van der Waals surface area contributed by atoms with E-state index in [1.807, 2.05) is 44.2 Å². The Morgan fingerprint density at radius 3 is 2.56 bits per heavy atom. The Balaban J connectivity index is 1.62. The molecule has 0 bridgehead atoms. The van der Waals surface area contributed by atoms with Gasteiger partial charge in [0.05, 0.1) is 5.69 Å². The number of hydrogen-bond donors (Lipinski definition) is 1. The van der Waals surface area contributed by atoms with Gasteiger partial charge in [-0.2, -0.15) is 0 Å². The number of allylic oxidation sites excluding steroid dienone is 1. The number of aryl methyl sites for hydroxylation is 2. The summed E-state index contributed by atoms with van der Waals surface area (Å²) in [6.45, 7) is 8.12. The smallest absolute Gasteiger partial charge is 0.335 e. The van der Waals surface area contributed by atoms with Crippen LogP contribution in [-0.2, 0) is 22.6 Å². The molecule has 6 nitrogen and oxygen atoms in total. The molecule has 36 heavy (non-hydrogen) atoms. The minimum absolute atomic E-state index is 0.131. The monoisotopic (exact) mass is 544 g/mol. The van der Waals surface area contributed by atoms with Crippen LogP contribution < -0.4 is 15.0 Å². The zero-order chi connectivity index (χ0) is 25.8. The molecule has 0 atom stereocenters.